The Hall–Kier alpha value is -1.30. The summed E-state index contributed by atoms with van der Waals surface area (Å²) >= 11 is 0. The summed E-state index contributed by atoms with van der Waals surface area (Å²) in [6.45, 7) is 7.85. The highest BCUT2D eigenvalue weighted by atomic mass is 16.6. The molecule has 6 heteroatoms. The van der Waals surface area contributed by atoms with Gasteiger partial charge in [0.2, 0.25) is 0 Å². The number of carbonyl (C=O) groups excluding carboxylic acids is 1. The normalized spacial score (nSPS) is 23.1. The van der Waals surface area contributed by atoms with E-state index < -0.39 is 5.60 Å². The molecule has 2 aliphatic rings. The van der Waals surface area contributed by atoms with E-state index in [9.17, 15) is 4.79 Å². The van der Waals surface area contributed by atoms with Crippen LogP contribution in [0.3, 0.4) is 0 Å². The van der Waals surface area contributed by atoms with Crippen LogP contribution in [0.15, 0.2) is 5.16 Å². The molecule has 0 aromatic carbocycles. The van der Waals surface area contributed by atoms with Gasteiger partial charge in [-0.15, -0.1) is 0 Å². The summed E-state index contributed by atoms with van der Waals surface area (Å²) in [7, 11) is 0. The van der Waals surface area contributed by atoms with Gasteiger partial charge in [-0.2, -0.15) is 0 Å². The van der Waals surface area contributed by atoms with Gasteiger partial charge in [0.05, 0.1) is 24.9 Å². The van der Waals surface area contributed by atoms with Crippen molar-refractivity contribution in [3.05, 3.63) is 0 Å². The van der Waals surface area contributed by atoms with Crippen LogP contribution < -0.4 is 0 Å². The molecule has 114 valence electrons. The molecule has 2 rings (SSSR count). The van der Waals surface area contributed by atoms with Crippen LogP contribution in [0.25, 0.3) is 0 Å². The molecule has 1 amide bonds. The minimum Gasteiger partial charge on any atom is -0.444 e. The smallest absolute Gasteiger partial charge is 0.410 e. The highest BCUT2D eigenvalue weighted by Gasteiger charge is 2.31. The lowest BCUT2D eigenvalue weighted by Crippen LogP contribution is -2.52. The molecule has 2 aliphatic heterocycles. The van der Waals surface area contributed by atoms with E-state index in [-0.39, 0.29) is 12.2 Å². The van der Waals surface area contributed by atoms with Gasteiger partial charge in [0.15, 0.2) is 0 Å². The molecule has 2 saturated heterocycles. The lowest BCUT2D eigenvalue weighted by molar-refractivity contribution is -0.0405. The average Bonchev–Trinajstić information content (AvgIpc) is 2.31. The summed E-state index contributed by atoms with van der Waals surface area (Å²) in [6, 6.07) is 0. The number of nitrogens with zero attached hydrogens (tertiary/aromatic N) is 2. The standard InChI is InChI=1S/C14H24N2O4/c1-14(2,3)20-13(17)16-8-11(9-16)15-19-10-12-6-4-5-7-18-12/h12H,4-10H2,1-3H3. The van der Waals surface area contributed by atoms with Gasteiger partial charge in [-0.05, 0) is 40.0 Å². The fourth-order valence-electron chi connectivity index (χ4n) is 2.06. The number of ether oxygens (including phenoxy) is 2. The van der Waals surface area contributed by atoms with Crippen molar-refractivity contribution >= 4 is 11.8 Å². The maximum atomic E-state index is 11.7. The van der Waals surface area contributed by atoms with E-state index in [4.69, 9.17) is 14.3 Å². The van der Waals surface area contributed by atoms with Gasteiger partial charge < -0.3 is 14.3 Å². The van der Waals surface area contributed by atoms with Crippen molar-refractivity contribution < 1.29 is 19.1 Å². The largest absolute Gasteiger partial charge is 0.444 e. The predicted molar refractivity (Wildman–Crippen MR) is 74.8 cm³/mol. The highest BCUT2D eigenvalue weighted by Crippen LogP contribution is 2.15. The second-order valence-corrected chi connectivity index (χ2v) is 6.28. The number of rotatable bonds is 3. The van der Waals surface area contributed by atoms with Crippen LogP contribution in [0.1, 0.15) is 40.0 Å². The van der Waals surface area contributed by atoms with Crippen molar-refractivity contribution in [1.82, 2.24) is 4.90 Å². The molecule has 1 unspecified atom stereocenters. The van der Waals surface area contributed by atoms with E-state index in [1.54, 1.807) is 4.90 Å². The Bertz CT molecular complexity index is 362. The topological polar surface area (TPSA) is 60.4 Å². The summed E-state index contributed by atoms with van der Waals surface area (Å²) in [5.74, 6) is 0. The van der Waals surface area contributed by atoms with Crippen molar-refractivity contribution in [2.75, 3.05) is 26.3 Å². The summed E-state index contributed by atoms with van der Waals surface area (Å²) in [5.41, 5.74) is 0.408. The summed E-state index contributed by atoms with van der Waals surface area (Å²) < 4.78 is 10.8. The minimum atomic E-state index is -0.460. The first-order valence-corrected chi connectivity index (χ1v) is 7.21. The van der Waals surface area contributed by atoms with Gasteiger partial charge in [0, 0.05) is 6.61 Å². The first-order valence-electron chi connectivity index (χ1n) is 7.21. The Kier molecular flexibility index (Phi) is 4.86. The zero-order chi connectivity index (χ0) is 14.6. The number of likely N-dealkylation sites (tertiary alicyclic amines) is 1. The Balaban J connectivity index is 1.62. The number of hydrogen-bond donors (Lipinski definition) is 0. The number of oxime groups is 1. The maximum absolute atomic E-state index is 11.7. The Morgan fingerprint density at radius 3 is 2.75 bits per heavy atom. The van der Waals surface area contributed by atoms with Crippen molar-refractivity contribution in [3.63, 3.8) is 0 Å². The summed E-state index contributed by atoms with van der Waals surface area (Å²) in [5, 5.41) is 4.04. The first kappa shape index (κ1) is 15.1. The molecule has 2 fully saturated rings. The van der Waals surface area contributed by atoms with Gasteiger partial charge in [0.1, 0.15) is 12.2 Å². The van der Waals surface area contributed by atoms with Crippen LogP contribution >= 0.6 is 0 Å². The van der Waals surface area contributed by atoms with Crippen molar-refractivity contribution in [2.24, 2.45) is 5.16 Å². The van der Waals surface area contributed by atoms with Gasteiger partial charge >= 0.3 is 6.09 Å². The van der Waals surface area contributed by atoms with Crippen molar-refractivity contribution in [1.29, 1.82) is 0 Å². The van der Waals surface area contributed by atoms with Gasteiger partial charge in [0.25, 0.3) is 0 Å². The molecule has 0 radical (unpaired) electrons. The molecule has 1 atom stereocenters. The molecular formula is C14H24N2O4. The quantitative estimate of drug-likeness (QED) is 0.745. The highest BCUT2D eigenvalue weighted by molar-refractivity contribution is 5.98. The van der Waals surface area contributed by atoms with E-state index in [0.717, 1.165) is 25.2 Å². The molecule has 20 heavy (non-hydrogen) atoms. The lowest BCUT2D eigenvalue weighted by atomic mass is 10.1. The third-order valence-electron chi connectivity index (χ3n) is 3.13. The first-order chi connectivity index (χ1) is 9.44. The Morgan fingerprint density at radius 2 is 2.15 bits per heavy atom. The van der Waals surface area contributed by atoms with E-state index in [1.165, 1.54) is 6.42 Å². The lowest BCUT2D eigenvalue weighted by Gasteiger charge is -2.33. The molecule has 0 aliphatic carbocycles. The van der Waals surface area contributed by atoms with Crippen LogP contribution in [-0.2, 0) is 14.3 Å². The second-order valence-electron chi connectivity index (χ2n) is 6.28. The Morgan fingerprint density at radius 1 is 1.40 bits per heavy atom. The van der Waals surface area contributed by atoms with Crippen LogP contribution in [0.2, 0.25) is 0 Å². The van der Waals surface area contributed by atoms with Gasteiger partial charge in [-0.25, -0.2) is 4.79 Å². The predicted octanol–water partition coefficient (Wildman–Crippen LogP) is 2.18. The Labute approximate surface area is 120 Å². The molecule has 0 spiro atoms. The number of amides is 1. The number of carbonyl (C=O) groups is 1. The molecule has 0 saturated carbocycles. The molecule has 6 nitrogen and oxygen atoms in total. The van der Waals surface area contributed by atoms with E-state index in [1.807, 2.05) is 20.8 Å². The SMILES string of the molecule is CC(C)(C)OC(=O)N1CC(=NOCC2CCCCO2)C1. The van der Waals surface area contributed by atoms with Crippen LogP contribution in [0.4, 0.5) is 4.79 Å². The average molecular weight is 284 g/mol. The maximum Gasteiger partial charge on any atom is 0.410 e. The third-order valence-corrected chi connectivity index (χ3v) is 3.13. The van der Waals surface area contributed by atoms with Gasteiger partial charge in [-0.3, -0.25) is 4.90 Å². The van der Waals surface area contributed by atoms with Crippen molar-refractivity contribution in [2.45, 2.75) is 51.7 Å². The fourth-order valence-corrected chi connectivity index (χ4v) is 2.06. The molecule has 0 aromatic rings. The zero-order valence-corrected chi connectivity index (χ0v) is 12.6. The minimum absolute atomic E-state index is 0.162. The molecule has 0 N–H and O–H groups in total. The fraction of sp³-hybridized carbons (Fsp3) is 0.857. The monoisotopic (exact) mass is 284 g/mol. The molecule has 0 aromatic heterocycles. The van der Waals surface area contributed by atoms with E-state index in [0.29, 0.717) is 19.7 Å². The summed E-state index contributed by atoms with van der Waals surface area (Å²) in [6.07, 6.45) is 3.23. The molecule has 0 bridgehead atoms. The second kappa shape index (κ2) is 6.43. The molecular weight excluding hydrogens is 260 g/mol. The number of hydrogen-bond acceptors (Lipinski definition) is 5. The van der Waals surface area contributed by atoms with Gasteiger partial charge in [-0.1, -0.05) is 5.16 Å². The zero-order valence-electron chi connectivity index (χ0n) is 12.6. The molecule has 2 heterocycles. The van der Waals surface area contributed by atoms with Crippen LogP contribution in [0.5, 0.6) is 0 Å². The van der Waals surface area contributed by atoms with Crippen molar-refractivity contribution in [3.8, 4) is 0 Å². The third kappa shape index (κ3) is 4.67. The van der Waals surface area contributed by atoms with E-state index in [2.05, 4.69) is 5.16 Å². The van der Waals surface area contributed by atoms with E-state index >= 15 is 0 Å². The summed E-state index contributed by atoms with van der Waals surface area (Å²) in [4.78, 5) is 18.6. The van der Waals surface area contributed by atoms with Crippen LogP contribution in [-0.4, -0.2) is 54.7 Å². The van der Waals surface area contributed by atoms with Crippen LogP contribution in [0, 0.1) is 0 Å².